The first kappa shape index (κ1) is 23.0. The van der Waals surface area contributed by atoms with Crippen LogP contribution < -0.4 is 16.8 Å². The van der Waals surface area contributed by atoms with E-state index >= 15 is 0 Å². The molecule has 11 heteroatoms. The Hall–Kier alpha value is -3.24. The average molecular weight is 427 g/mol. The lowest BCUT2D eigenvalue weighted by atomic mass is 10.1. The highest BCUT2D eigenvalue weighted by molar-refractivity contribution is 6.01. The Morgan fingerprint density at radius 2 is 2.07 bits per heavy atom. The number of nitrogens with one attached hydrogen (secondary N) is 1. The number of pyridine rings is 1. The Kier molecular flexibility index (Phi) is 6.96. The van der Waals surface area contributed by atoms with E-state index in [4.69, 9.17) is 11.5 Å². The number of alkyl halides is 3. The van der Waals surface area contributed by atoms with Gasteiger partial charge in [-0.2, -0.15) is 13.2 Å². The zero-order chi connectivity index (χ0) is 22.6. The lowest BCUT2D eigenvalue weighted by Crippen LogP contribution is -2.28. The third-order valence-electron chi connectivity index (χ3n) is 4.24. The fraction of sp³-hybridized carbons (Fsp3) is 0.421. The number of ether oxygens (including phenoxy) is 1. The van der Waals surface area contributed by atoms with Crippen LogP contribution in [0.25, 0.3) is 0 Å². The van der Waals surface area contributed by atoms with Crippen LogP contribution in [0.15, 0.2) is 35.5 Å². The Labute approximate surface area is 171 Å². The number of anilines is 1. The van der Waals surface area contributed by atoms with Crippen molar-refractivity contribution in [1.29, 1.82) is 0 Å². The fourth-order valence-corrected chi connectivity index (χ4v) is 2.67. The molecule has 1 aromatic heterocycles. The summed E-state index contributed by atoms with van der Waals surface area (Å²) in [6, 6.07) is 1.55. The van der Waals surface area contributed by atoms with Crippen molar-refractivity contribution in [3.8, 4) is 0 Å². The highest BCUT2D eigenvalue weighted by Gasteiger charge is 2.31. The predicted molar refractivity (Wildman–Crippen MR) is 104 cm³/mol. The number of carbonyl (C=O) groups excluding carboxylic acids is 2. The zero-order valence-corrected chi connectivity index (χ0v) is 16.8. The molecule has 30 heavy (non-hydrogen) atoms. The third kappa shape index (κ3) is 5.88. The molecule has 164 valence electrons. The molecule has 0 saturated carbocycles. The molecule has 0 spiro atoms. The van der Waals surface area contributed by atoms with Gasteiger partial charge in [-0.3, -0.25) is 9.59 Å². The topological polar surface area (TPSA) is 124 Å². The highest BCUT2D eigenvalue weighted by Crippen LogP contribution is 2.28. The Balaban J connectivity index is 2.11. The van der Waals surface area contributed by atoms with Gasteiger partial charge >= 0.3 is 6.18 Å². The minimum Gasteiger partial charge on any atom is -0.470 e. The number of hydrogen-bond donors (Lipinski definition) is 3. The van der Waals surface area contributed by atoms with Gasteiger partial charge in [0.15, 0.2) is 12.5 Å². The van der Waals surface area contributed by atoms with E-state index in [2.05, 4.69) is 15.0 Å². The minimum absolute atomic E-state index is 0.00890. The molecule has 5 N–H and O–H groups in total. The van der Waals surface area contributed by atoms with Gasteiger partial charge in [-0.15, -0.1) is 0 Å². The number of nitrogens with two attached hydrogens (primary N) is 2. The highest BCUT2D eigenvalue weighted by atomic mass is 19.4. The molecule has 0 atom stereocenters. The van der Waals surface area contributed by atoms with Crippen LogP contribution >= 0.6 is 0 Å². The largest absolute Gasteiger partial charge is 0.470 e. The number of allylic oxidation sites excluding steroid dienone is 2. The maximum atomic E-state index is 12.7. The van der Waals surface area contributed by atoms with E-state index in [0.29, 0.717) is 16.9 Å². The fourth-order valence-electron chi connectivity index (χ4n) is 2.67. The summed E-state index contributed by atoms with van der Waals surface area (Å²) in [4.78, 5) is 30.2. The van der Waals surface area contributed by atoms with Crippen molar-refractivity contribution in [3.05, 3.63) is 46.6 Å². The molecule has 0 radical (unpaired) electrons. The van der Waals surface area contributed by atoms with E-state index in [0.717, 1.165) is 0 Å². The van der Waals surface area contributed by atoms with E-state index in [1.54, 1.807) is 19.9 Å². The molecule has 2 amide bonds. The Morgan fingerprint density at radius 3 is 2.67 bits per heavy atom. The molecule has 0 bridgehead atoms. The summed E-state index contributed by atoms with van der Waals surface area (Å²) in [6.45, 7) is 3.59. The van der Waals surface area contributed by atoms with Crippen molar-refractivity contribution in [3.63, 3.8) is 0 Å². The van der Waals surface area contributed by atoms with Gasteiger partial charge in [0, 0.05) is 34.5 Å². The van der Waals surface area contributed by atoms with Gasteiger partial charge in [0.2, 0.25) is 5.91 Å². The molecule has 0 aromatic carbocycles. The lowest BCUT2D eigenvalue weighted by molar-refractivity contribution is -0.165. The van der Waals surface area contributed by atoms with Crippen molar-refractivity contribution in [2.75, 3.05) is 18.5 Å². The van der Waals surface area contributed by atoms with Crippen LogP contribution in [0.3, 0.4) is 0 Å². The maximum Gasteiger partial charge on any atom is 0.422 e. The average Bonchev–Trinajstić information content (AvgIpc) is 2.95. The van der Waals surface area contributed by atoms with Crippen LogP contribution in [0.2, 0.25) is 0 Å². The summed E-state index contributed by atoms with van der Waals surface area (Å²) in [5.74, 6) is -0.878. The molecule has 8 nitrogen and oxygen atoms in total. The Morgan fingerprint density at radius 1 is 1.40 bits per heavy atom. The second-order valence-electron chi connectivity index (χ2n) is 7.16. The molecule has 0 fully saturated rings. The molecular formula is C19H24F3N5O3. The normalized spacial score (nSPS) is 15.2. The zero-order valence-electron chi connectivity index (χ0n) is 16.8. The third-order valence-corrected chi connectivity index (χ3v) is 4.24. The van der Waals surface area contributed by atoms with E-state index in [1.807, 2.05) is 0 Å². The summed E-state index contributed by atoms with van der Waals surface area (Å²) in [5, 5.41) is 2.70. The SMILES string of the molecule is CC(/C=C(\N)CN1Cc2c(ccnc2NC(=O)C(C)C)C1=O)=C(/N)OCC(F)(F)F. The van der Waals surface area contributed by atoms with E-state index in [9.17, 15) is 22.8 Å². The predicted octanol–water partition coefficient (Wildman–Crippen LogP) is 2.24. The number of hydrogen-bond acceptors (Lipinski definition) is 6. The van der Waals surface area contributed by atoms with Gasteiger partial charge in [0.05, 0.1) is 13.1 Å². The van der Waals surface area contributed by atoms with E-state index in [-0.39, 0.29) is 42.1 Å². The number of carbonyl (C=O) groups is 2. The molecule has 1 aliphatic heterocycles. The summed E-state index contributed by atoms with van der Waals surface area (Å²) < 4.78 is 41.2. The molecule has 1 aliphatic rings. The van der Waals surface area contributed by atoms with Crippen LogP contribution in [0, 0.1) is 5.92 Å². The summed E-state index contributed by atoms with van der Waals surface area (Å²) in [7, 11) is 0. The molecule has 0 aliphatic carbocycles. The van der Waals surface area contributed by atoms with E-state index in [1.165, 1.54) is 24.1 Å². The van der Waals surface area contributed by atoms with Crippen molar-refractivity contribution in [2.45, 2.75) is 33.5 Å². The second-order valence-corrected chi connectivity index (χ2v) is 7.16. The molecule has 0 saturated heterocycles. The first-order chi connectivity index (χ1) is 13.9. The molecule has 2 rings (SSSR count). The summed E-state index contributed by atoms with van der Waals surface area (Å²) in [6.07, 6.45) is -1.73. The van der Waals surface area contributed by atoms with Gasteiger partial charge in [0.25, 0.3) is 5.91 Å². The summed E-state index contributed by atoms with van der Waals surface area (Å²) in [5.41, 5.74) is 12.8. The van der Waals surface area contributed by atoms with Crippen LogP contribution in [0.1, 0.15) is 36.7 Å². The first-order valence-corrected chi connectivity index (χ1v) is 9.09. The number of amides is 2. The van der Waals surface area contributed by atoms with Gasteiger partial charge in [-0.05, 0) is 19.1 Å². The molecule has 1 aromatic rings. The number of rotatable bonds is 7. The summed E-state index contributed by atoms with van der Waals surface area (Å²) >= 11 is 0. The van der Waals surface area contributed by atoms with Gasteiger partial charge < -0.3 is 26.4 Å². The molecule has 0 unspecified atom stereocenters. The minimum atomic E-state index is -4.51. The van der Waals surface area contributed by atoms with Gasteiger partial charge in [-0.1, -0.05) is 13.8 Å². The molecule has 2 heterocycles. The lowest BCUT2D eigenvalue weighted by Gasteiger charge is -2.16. The number of nitrogens with zero attached hydrogens (tertiary/aromatic N) is 2. The van der Waals surface area contributed by atoms with Crippen LogP contribution in [0.4, 0.5) is 19.0 Å². The van der Waals surface area contributed by atoms with Crippen molar-refractivity contribution < 1.29 is 27.5 Å². The first-order valence-electron chi connectivity index (χ1n) is 9.09. The molecular weight excluding hydrogens is 403 g/mol. The van der Waals surface area contributed by atoms with E-state index < -0.39 is 18.7 Å². The van der Waals surface area contributed by atoms with Gasteiger partial charge in [0.1, 0.15) is 5.82 Å². The Bertz CT molecular complexity index is 894. The standard InChI is InChI=1S/C19H24F3N5O3/c1-10(2)17(28)26-16-14-8-27(18(29)13(14)4-5-25-16)7-12(23)6-11(3)15(24)30-9-19(20,21)22/h4-6,10H,7-9,23-24H2,1-3H3,(H,25,26,28)/b12-6-,15-11+. The van der Waals surface area contributed by atoms with Crippen molar-refractivity contribution in [1.82, 2.24) is 9.88 Å². The maximum absolute atomic E-state index is 12.7. The van der Waals surface area contributed by atoms with Crippen LogP contribution in [0.5, 0.6) is 0 Å². The van der Waals surface area contributed by atoms with Crippen molar-refractivity contribution in [2.24, 2.45) is 17.4 Å². The van der Waals surface area contributed by atoms with Gasteiger partial charge in [-0.25, -0.2) is 4.98 Å². The second kappa shape index (κ2) is 9.06. The number of halogens is 3. The monoisotopic (exact) mass is 427 g/mol. The quantitative estimate of drug-likeness (QED) is 0.453. The number of aromatic nitrogens is 1. The van der Waals surface area contributed by atoms with Crippen molar-refractivity contribution >= 4 is 17.6 Å². The smallest absolute Gasteiger partial charge is 0.422 e. The van der Waals surface area contributed by atoms with Crippen LogP contribution in [-0.2, 0) is 16.1 Å². The van der Waals surface area contributed by atoms with Crippen LogP contribution in [-0.4, -0.2) is 41.0 Å². The number of fused-ring (bicyclic) bond motifs is 1.